The van der Waals surface area contributed by atoms with Crippen LogP contribution in [-0.4, -0.2) is 29.6 Å². The normalized spacial score (nSPS) is 11.5. The Hall–Kier alpha value is -1.33. The molecule has 1 N–H and O–H groups in total. The van der Waals surface area contributed by atoms with E-state index in [1.807, 2.05) is 6.92 Å². The fourth-order valence-electron chi connectivity index (χ4n) is 2.51. The zero-order valence-corrected chi connectivity index (χ0v) is 14.2. The smallest absolute Gasteiger partial charge is 0.339 e. The van der Waals surface area contributed by atoms with Crippen LogP contribution in [0.5, 0.6) is 5.75 Å². The van der Waals surface area contributed by atoms with Gasteiger partial charge in [-0.15, -0.1) is 0 Å². The molecule has 4 nitrogen and oxygen atoms in total. The molecule has 2 aromatic rings. The molecule has 0 aliphatic rings. The number of benzene rings is 1. The van der Waals surface area contributed by atoms with Gasteiger partial charge in [0.25, 0.3) is 0 Å². The number of hydrogen-bond donors (Lipinski definition) is 1. The Morgan fingerprint density at radius 3 is 2.57 bits per heavy atom. The molecule has 2 rings (SSSR count). The summed E-state index contributed by atoms with van der Waals surface area (Å²) in [5.41, 5.74) is 1.73. The number of aromatic hydroxyl groups is 1. The second-order valence-corrected chi connectivity index (χ2v) is 5.84. The number of hydrogen-bond acceptors (Lipinski definition) is 4. The molecule has 0 bridgehead atoms. The lowest BCUT2D eigenvalue weighted by atomic mass is 10.0. The lowest BCUT2D eigenvalue weighted by Gasteiger charge is -2.18. The largest absolute Gasteiger partial charge is 0.507 e. The molecule has 0 saturated carbocycles. The van der Waals surface area contributed by atoms with Crippen LogP contribution in [0.15, 0.2) is 25.8 Å². The Balaban J connectivity index is 2.47. The van der Waals surface area contributed by atoms with Crippen LogP contribution in [0.1, 0.15) is 25.0 Å². The van der Waals surface area contributed by atoms with E-state index in [0.717, 1.165) is 30.6 Å². The van der Waals surface area contributed by atoms with Crippen LogP contribution in [0.4, 0.5) is 0 Å². The third-order valence-electron chi connectivity index (χ3n) is 3.95. The monoisotopic (exact) mass is 353 g/mol. The van der Waals surface area contributed by atoms with Crippen molar-refractivity contribution < 1.29 is 9.52 Å². The Morgan fingerprint density at radius 2 is 1.95 bits per heavy atom. The fraction of sp³-hybridized carbons (Fsp3) is 0.438. The van der Waals surface area contributed by atoms with Crippen molar-refractivity contribution >= 4 is 26.9 Å². The van der Waals surface area contributed by atoms with Gasteiger partial charge in [-0.3, -0.25) is 0 Å². The van der Waals surface area contributed by atoms with Crippen molar-refractivity contribution in [3.63, 3.8) is 0 Å². The predicted molar refractivity (Wildman–Crippen MR) is 88.1 cm³/mol. The summed E-state index contributed by atoms with van der Waals surface area (Å²) < 4.78 is 5.83. The van der Waals surface area contributed by atoms with Crippen molar-refractivity contribution in [1.29, 1.82) is 0 Å². The molecule has 21 heavy (non-hydrogen) atoms. The van der Waals surface area contributed by atoms with E-state index < -0.39 is 0 Å². The molecule has 1 heterocycles. The Bertz CT molecular complexity index is 705. The van der Waals surface area contributed by atoms with Gasteiger partial charge in [0.05, 0.1) is 0 Å². The van der Waals surface area contributed by atoms with E-state index in [9.17, 15) is 9.90 Å². The Kier molecular flexibility index (Phi) is 5.06. The first-order chi connectivity index (χ1) is 9.99. The van der Waals surface area contributed by atoms with Crippen molar-refractivity contribution in [3.8, 4) is 5.75 Å². The minimum atomic E-state index is -0.321. The van der Waals surface area contributed by atoms with Gasteiger partial charge in [-0.05, 0) is 60.1 Å². The molecule has 0 amide bonds. The van der Waals surface area contributed by atoms with Gasteiger partial charge >= 0.3 is 5.63 Å². The van der Waals surface area contributed by atoms with E-state index in [2.05, 4.69) is 34.7 Å². The summed E-state index contributed by atoms with van der Waals surface area (Å²) in [6.45, 7) is 8.92. The summed E-state index contributed by atoms with van der Waals surface area (Å²) in [6, 6.07) is 3.39. The molecule has 0 unspecified atom stereocenters. The highest BCUT2D eigenvalue weighted by molar-refractivity contribution is 9.10. The molecule has 0 fully saturated rings. The van der Waals surface area contributed by atoms with Crippen LogP contribution in [-0.2, 0) is 6.42 Å². The topological polar surface area (TPSA) is 53.7 Å². The number of phenolic OH excluding ortho intramolecular Hbond substituents is 1. The first-order valence-corrected chi connectivity index (χ1v) is 7.95. The molecule has 1 aromatic heterocycles. The lowest BCUT2D eigenvalue weighted by molar-refractivity contribution is 0.306. The molecule has 0 atom stereocenters. The summed E-state index contributed by atoms with van der Waals surface area (Å²) in [5, 5.41) is 10.5. The number of halogens is 1. The van der Waals surface area contributed by atoms with Crippen molar-refractivity contribution in [2.24, 2.45) is 0 Å². The van der Waals surface area contributed by atoms with Crippen LogP contribution >= 0.6 is 15.9 Å². The third-order valence-corrected chi connectivity index (χ3v) is 4.71. The maximum atomic E-state index is 12.2. The van der Waals surface area contributed by atoms with Gasteiger partial charge in [-0.25, -0.2) is 4.79 Å². The highest BCUT2D eigenvalue weighted by Crippen LogP contribution is 2.33. The summed E-state index contributed by atoms with van der Waals surface area (Å²) in [4.78, 5) is 14.5. The minimum Gasteiger partial charge on any atom is -0.507 e. The average Bonchev–Trinajstić information content (AvgIpc) is 2.47. The van der Waals surface area contributed by atoms with E-state index in [1.165, 1.54) is 0 Å². The number of nitrogens with zero attached hydrogens (tertiary/aromatic N) is 1. The van der Waals surface area contributed by atoms with E-state index in [0.29, 0.717) is 22.0 Å². The van der Waals surface area contributed by atoms with Crippen molar-refractivity contribution in [2.45, 2.75) is 27.2 Å². The van der Waals surface area contributed by atoms with Gasteiger partial charge in [0.1, 0.15) is 10.2 Å². The maximum Gasteiger partial charge on any atom is 0.339 e. The summed E-state index contributed by atoms with van der Waals surface area (Å²) in [7, 11) is 0. The zero-order valence-electron chi connectivity index (χ0n) is 12.6. The number of likely N-dealkylation sites (N-methyl/N-ethyl adjacent to an activating group) is 1. The van der Waals surface area contributed by atoms with Crippen molar-refractivity contribution in [1.82, 2.24) is 4.90 Å². The summed E-state index contributed by atoms with van der Waals surface area (Å²) >= 11 is 3.27. The molecule has 0 aliphatic carbocycles. The number of phenols is 1. The van der Waals surface area contributed by atoms with E-state index >= 15 is 0 Å². The van der Waals surface area contributed by atoms with E-state index in [-0.39, 0.29) is 11.4 Å². The average molecular weight is 354 g/mol. The summed E-state index contributed by atoms with van der Waals surface area (Å²) in [6.07, 6.45) is 0.671. The van der Waals surface area contributed by atoms with Crippen LogP contribution < -0.4 is 5.63 Å². The lowest BCUT2D eigenvalue weighted by Crippen LogP contribution is -2.27. The first-order valence-electron chi connectivity index (χ1n) is 7.15. The van der Waals surface area contributed by atoms with Crippen molar-refractivity contribution in [3.05, 3.63) is 38.2 Å². The van der Waals surface area contributed by atoms with Crippen molar-refractivity contribution in [2.75, 3.05) is 19.6 Å². The van der Waals surface area contributed by atoms with Gasteiger partial charge in [-0.1, -0.05) is 13.8 Å². The van der Waals surface area contributed by atoms with Crippen LogP contribution in [0, 0.1) is 6.92 Å². The fourth-order valence-corrected chi connectivity index (χ4v) is 2.94. The molecule has 0 spiro atoms. The maximum absolute atomic E-state index is 12.2. The molecular weight excluding hydrogens is 334 g/mol. The van der Waals surface area contributed by atoms with Gasteiger partial charge < -0.3 is 14.4 Å². The van der Waals surface area contributed by atoms with Crippen LogP contribution in [0.2, 0.25) is 0 Å². The van der Waals surface area contributed by atoms with Crippen LogP contribution in [0.25, 0.3) is 11.0 Å². The molecular formula is C16H20BrNO3. The van der Waals surface area contributed by atoms with Gasteiger partial charge in [0, 0.05) is 17.5 Å². The Morgan fingerprint density at radius 1 is 1.29 bits per heavy atom. The second-order valence-electron chi connectivity index (χ2n) is 5.05. The molecule has 0 aliphatic heterocycles. The SMILES string of the molecule is CCN(CC)CCc1c(C)c2ccc(O)c(Br)c2oc1=O. The number of aryl methyl sites for hydroxylation is 1. The first kappa shape index (κ1) is 16.0. The minimum absolute atomic E-state index is 0.0703. The van der Waals surface area contributed by atoms with E-state index in [1.54, 1.807) is 12.1 Å². The molecule has 0 radical (unpaired) electrons. The van der Waals surface area contributed by atoms with Gasteiger partial charge in [0.2, 0.25) is 0 Å². The summed E-state index contributed by atoms with van der Waals surface area (Å²) in [5.74, 6) is 0.0703. The number of fused-ring (bicyclic) bond motifs is 1. The van der Waals surface area contributed by atoms with E-state index in [4.69, 9.17) is 4.42 Å². The predicted octanol–water partition coefficient (Wildman–Crippen LogP) is 3.45. The molecule has 5 heteroatoms. The zero-order chi connectivity index (χ0) is 15.6. The van der Waals surface area contributed by atoms with Gasteiger partial charge in [0.15, 0.2) is 5.58 Å². The number of rotatable bonds is 5. The second kappa shape index (κ2) is 6.62. The molecule has 114 valence electrons. The van der Waals surface area contributed by atoms with Crippen LogP contribution in [0.3, 0.4) is 0 Å². The third kappa shape index (κ3) is 3.14. The highest BCUT2D eigenvalue weighted by atomic mass is 79.9. The quantitative estimate of drug-likeness (QED) is 0.836. The standard InChI is InChI=1S/C16H20BrNO3/c1-4-18(5-2)9-8-12-10(3)11-6-7-13(19)14(17)15(11)21-16(12)20/h6-7,19H,4-5,8-9H2,1-3H3. The molecule has 0 saturated heterocycles. The van der Waals surface area contributed by atoms with Gasteiger partial charge in [-0.2, -0.15) is 0 Å². The Labute approximate surface area is 132 Å². The highest BCUT2D eigenvalue weighted by Gasteiger charge is 2.15. The molecule has 1 aromatic carbocycles.